The molecule has 0 aliphatic heterocycles. The van der Waals surface area contributed by atoms with Crippen LogP contribution in [0.2, 0.25) is 0 Å². The van der Waals surface area contributed by atoms with Crippen LogP contribution < -0.4 is 10.1 Å². The van der Waals surface area contributed by atoms with Crippen LogP contribution in [-0.4, -0.2) is 27.7 Å². The lowest BCUT2D eigenvalue weighted by atomic mass is 10.1. The Kier molecular flexibility index (Phi) is 6.75. The Balaban J connectivity index is 1.79. The first-order valence-electron chi connectivity index (χ1n) is 9.28. The Labute approximate surface area is 178 Å². The molecule has 2 aromatic carbocycles. The zero-order valence-electron chi connectivity index (χ0n) is 16.7. The first kappa shape index (κ1) is 21.3. The molecule has 9 nitrogen and oxygen atoms in total. The predicted octanol–water partition coefficient (Wildman–Crippen LogP) is 3.07. The second-order valence-corrected chi connectivity index (χ2v) is 6.56. The SMILES string of the molecule is COc1ccc(/C=C(\C#N)C(=O)NCc2ccccc2)cc1Cn1cc([N+](=O)[O-])cn1. The molecule has 0 aliphatic rings. The molecule has 3 rings (SSSR count). The summed E-state index contributed by atoms with van der Waals surface area (Å²) in [7, 11) is 1.51. The average molecular weight is 417 g/mol. The van der Waals surface area contributed by atoms with Gasteiger partial charge in [0.2, 0.25) is 0 Å². The van der Waals surface area contributed by atoms with Gasteiger partial charge in [-0.3, -0.25) is 19.6 Å². The van der Waals surface area contributed by atoms with Crippen molar-refractivity contribution in [3.63, 3.8) is 0 Å². The van der Waals surface area contributed by atoms with Crippen molar-refractivity contribution in [3.05, 3.63) is 93.3 Å². The number of rotatable bonds is 8. The van der Waals surface area contributed by atoms with Crippen LogP contribution in [0.25, 0.3) is 6.08 Å². The van der Waals surface area contributed by atoms with E-state index in [1.165, 1.54) is 30.3 Å². The molecule has 0 spiro atoms. The second-order valence-electron chi connectivity index (χ2n) is 6.56. The number of aromatic nitrogens is 2. The lowest BCUT2D eigenvalue weighted by molar-refractivity contribution is -0.385. The maximum Gasteiger partial charge on any atom is 0.307 e. The highest BCUT2D eigenvalue weighted by molar-refractivity contribution is 6.01. The number of amides is 1. The van der Waals surface area contributed by atoms with Crippen LogP contribution in [0.4, 0.5) is 5.69 Å². The Bertz CT molecular complexity index is 1160. The molecule has 0 saturated carbocycles. The third-order valence-corrected chi connectivity index (χ3v) is 4.44. The Morgan fingerprint density at radius 3 is 2.74 bits per heavy atom. The van der Waals surface area contributed by atoms with Gasteiger partial charge in [0, 0.05) is 12.1 Å². The average Bonchev–Trinajstić information content (AvgIpc) is 3.25. The highest BCUT2D eigenvalue weighted by Crippen LogP contribution is 2.23. The summed E-state index contributed by atoms with van der Waals surface area (Å²) in [6.07, 6.45) is 3.97. The largest absolute Gasteiger partial charge is 0.496 e. The first-order valence-corrected chi connectivity index (χ1v) is 9.28. The minimum Gasteiger partial charge on any atom is -0.496 e. The Morgan fingerprint density at radius 1 is 1.32 bits per heavy atom. The van der Waals surface area contributed by atoms with Gasteiger partial charge in [-0.1, -0.05) is 36.4 Å². The number of nitrogens with one attached hydrogen (secondary N) is 1. The minimum atomic E-state index is -0.521. The van der Waals surface area contributed by atoms with Crippen molar-refractivity contribution in [2.45, 2.75) is 13.1 Å². The smallest absolute Gasteiger partial charge is 0.307 e. The summed E-state index contributed by atoms with van der Waals surface area (Å²) in [6.45, 7) is 0.533. The standard InChI is InChI=1S/C22H19N5O4/c1-31-21-8-7-17(10-19(21)14-26-15-20(13-25-26)27(29)30)9-18(11-23)22(28)24-12-16-5-3-2-4-6-16/h2-10,13,15H,12,14H2,1H3,(H,24,28)/b18-9+. The van der Waals surface area contributed by atoms with E-state index in [1.54, 1.807) is 18.2 Å². The fraction of sp³-hybridized carbons (Fsp3) is 0.136. The molecule has 9 heteroatoms. The zero-order chi connectivity index (χ0) is 22.2. The summed E-state index contributed by atoms with van der Waals surface area (Å²) in [5.41, 5.74) is 2.08. The van der Waals surface area contributed by atoms with Crippen LogP contribution in [0.3, 0.4) is 0 Å². The van der Waals surface area contributed by atoms with Crippen LogP contribution in [0, 0.1) is 21.4 Å². The number of methoxy groups -OCH3 is 1. The van der Waals surface area contributed by atoms with Gasteiger partial charge < -0.3 is 10.1 Å². The highest BCUT2D eigenvalue weighted by atomic mass is 16.6. The van der Waals surface area contributed by atoms with Crippen LogP contribution >= 0.6 is 0 Å². The normalized spacial score (nSPS) is 10.9. The lowest BCUT2D eigenvalue weighted by Crippen LogP contribution is -2.23. The maximum atomic E-state index is 12.4. The van der Waals surface area contributed by atoms with Gasteiger partial charge >= 0.3 is 5.69 Å². The topological polar surface area (TPSA) is 123 Å². The van der Waals surface area contributed by atoms with Gasteiger partial charge in [0.25, 0.3) is 5.91 Å². The van der Waals surface area contributed by atoms with E-state index in [9.17, 15) is 20.2 Å². The van der Waals surface area contributed by atoms with Crippen molar-refractivity contribution >= 4 is 17.7 Å². The molecular formula is C22H19N5O4. The van der Waals surface area contributed by atoms with Crippen LogP contribution in [-0.2, 0) is 17.9 Å². The van der Waals surface area contributed by atoms with Crippen LogP contribution in [0.15, 0.2) is 66.5 Å². The molecule has 0 atom stereocenters. The molecule has 1 heterocycles. The molecule has 1 aromatic heterocycles. The van der Waals surface area contributed by atoms with E-state index < -0.39 is 10.8 Å². The number of nitro groups is 1. The van der Waals surface area contributed by atoms with Gasteiger partial charge in [-0.05, 0) is 29.3 Å². The van der Waals surface area contributed by atoms with E-state index in [1.807, 2.05) is 36.4 Å². The van der Waals surface area contributed by atoms with Crippen molar-refractivity contribution in [2.75, 3.05) is 7.11 Å². The van der Waals surface area contributed by atoms with Gasteiger partial charge in [-0.15, -0.1) is 0 Å². The number of ether oxygens (including phenoxy) is 1. The molecule has 1 amide bonds. The van der Waals surface area contributed by atoms with Crippen LogP contribution in [0.5, 0.6) is 5.75 Å². The third kappa shape index (κ3) is 5.55. The second kappa shape index (κ2) is 9.84. The first-order chi connectivity index (χ1) is 15.0. The minimum absolute atomic E-state index is 0.0400. The van der Waals surface area contributed by atoms with Gasteiger partial charge in [0.1, 0.15) is 29.8 Å². The van der Waals surface area contributed by atoms with Crippen molar-refractivity contribution in [2.24, 2.45) is 0 Å². The number of carbonyl (C=O) groups is 1. The van der Waals surface area contributed by atoms with Crippen molar-refractivity contribution in [1.82, 2.24) is 15.1 Å². The summed E-state index contributed by atoms with van der Waals surface area (Å²) in [5, 5.41) is 27.0. The van der Waals surface area contributed by atoms with E-state index in [2.05, 4.69) is 10.4 Å². The summed E-state index contributed by atoms with van der Waals surface area (Å²) < 4.78 is 6.77. The number of benzene rings is 2. The summed E-state index contributed by atoms with van der Waals surface area (Å²) >= 11 is 0. The van der Waals surface area contributed by atoms with Gasteiger partial charge in [0.05, 0.1) is 18.6 Å². The molecule has 156 valence electrons. The maximum absolute atomic E-state index is 12.4. The van der Waals surface area contributed by atoms with Crippen LogP contribution in [0.1, 0.15) is 16.7 Å². The van der Waals surface area contributed by atoms with E-state index in [-0.39, 0.29) is 17.8 Å². The Morgan fingerprint density at radius 2 is 2.10 bits per heavy atom. The zero-order valence-corrected chi connectivity index (χ0v) is 16.7. The number of carbonyl (C=O) groups excluding carboxylic acids is 1. The summed E-state index contributed by atoms with van der Waals surface area (Å²) in [5.74, 6) is 0.0776. The molecule has 0 bridgehead atoms. The molecule has 0 unspecified atom stereocenters. The van der Waals surface area contributed by atoms with E-state index >= 15 is 0 Å². The monoisotopic (exact) mass is 417 g/mol. The van der Waals surface area contributed by atoms with Crippen molar-refractivity contribution < 1.29 is 14.5 Å². The molecule has 31 heavy (non-hydrogen) atoms. The highest BCUT2D eigenvalue weighted by Gasteiger charge is 2.13. The van der Waals surface area contributed by atoms with Gasteiger partial charge in [-0.2, -0.15) is 10.4 Å². The fourth-order valence-electron chi connectivity index (χ4n) is 2.91. The third-order valence-electron chi connectivity index (χ3n) is 4.44. The number of nitrogens with zero attached hydrogens (tertiary/aromatic N) is 4. The number of hydrogen-bond acceptors (Lipinski definition) is 6. The summed E-state index contributed by atoms with van der Waals surface area (Å²) in [6, 6.07) is 16.5. The molecule has 3 aromatic rings. The molecule has 0 aliphatic carbocycles. The molecular weight excluding hydrogens is 398 g/mol. The lowest BCUT2D eigenvalue weighted by Gasteiger charge is -2.10. The van der Waals surface area contributed by atoms with E-state index in [4.69, 9.17) is 4.74 Å². The predicted molar refractivity (Wildman–Crippen MR) is 113 cm³/mol. The molecule has 1 N–H and O–H groups in total. The number of nitriles is 1. The van der Waals surface area contributed by atoms with Crippen molar-refractivity contribution in [3.8, 4) is 11.8 Å². The fourth-order valence-corrected chi connectivity index (χ4v) is 2.91. The van der Waals surface area contributed by atoms with Gasteiger partial charge in [-0.25, -0.2) is 0 Å². The summed E-state index contributed by atoms with van der Waals surface area (Å²) in [4.78, 5) is 22.7. The molecule has 0 radical (unpaired) electrons. The quantitative estimate of drug-likeness (QED) is 0.260. The molecule has 0 fully saturated rings. The van der Waals surface area contributed by atoms with E-state index in [0.717, 1.165) is 5.56 Å². The Hall–Kier alpha value is -4.45. The van der Waals surface area contributed by atoms with Gasteiger partial charge in [0.15, 0.2) is 0 Å². The van der Waals surface area contributed by atoms with Crippen molar-refractivity contribution in [1.29, 1.82) is 5.26 Å². The van der Waals surface area contributed by atoms with E-state index in [0.29, 0.717) is 23.4 Å². The number of hydrogen-bond donors (Lipinski definition) is 1. The molecule has 0 saturated heterocycles.